The van der Waals surface area contributed by atoms with Crippen LogP contribution in [0.1, 0.15) is 5.56 Å². The standard InChI is InChI=1S/C9H7NO2S/c1-6-3-11-5-12-8(6)2-9-7(1)10-4-13-9/h1-2,4H,3,5H2. The molecule has 0 spiro atoms. The van der Waals surface area contributed by atoms with Crippen molar-refractivity contribution in [1.29, 1.82) is 0 Å². The van der Waals surface area contributed by atoms with Gasteiger partial charge in [0.25, 0.3) is 0 Å². The molecule has 1 aromatic heterocycles. The smallest absolute Gasteiger partial charge is 0.189 e. The normalized spacial score (nSPS) is 15.4. The lowest BCUT2D eigenvalue weighted by Gasteiger charge is -2.16. The molecule has 0 saturated heterocycles. The summed E-state index contributed by atoms with van der Waals surface area (Å²) >= 11 is 1.63. The first-order valence-corrected chi connectivity index (χ1v) is 4.88. The summed E-state index contributed by atoms with van der Waals surface area (Å²) in [6.07, 6.45) is 0. The van der Waals surface area contributed by atoms with Crippen LogP contribution in [0.5, 0.6) is 5.75 Å². The maximum atomic E-state index is 5.36. The van der Waals surface area contributed by atoms with E-state index >= 15 is 0 Å². The third kappa shape index (κ3) is 1.10. The van der Waals surface area contributed by atoms with Gasteiger partial charge in [0.05, 0.1) is 22.3 Å². The monoisotopic (exact) mass is 193 g/mol. The van der Waals surface area contributed by atoms with Gasteiger partial charge < -0.3 is 9.47 Å². The summed E-state index contributed by atoms with van der Waals surface area (Å²) in [5.41, 5.74) is 3.96. The zero-order chi connectivity index (χ0) is 8.67. The van der Waals surface area contributed by atoms with Gasteiger partial charge in [0.15, 0.2) is 6.79 Å². The second kappa shape index (κ2) is 2.68. The van der Waals surface area contributed by atoms with Crippen LogP contribution in [-0.4, -0.2) is 11.8 Å². The van der Waals surface area contributed by atoms with Gasteiger partial charge in [-0.2, -0.15) is 0 Å². The fourth-order valence-electron chi connectivity index (χ4n) is 1.43. The Morgan fingerprint density at radius 1 is 1.38 bits per heavy atom. The van der Waals surface area contributed by atoms with Crippen LogP contribution in [0.3, 0.4) is 0 Å². The fourth-order valence-corrected chi connectivity index (χ4v) is 2.12. The molecule has 0 amide bonds. The maximum Gasteiger partial charge on any atom is 0.189 e. The highest BCUT2D eigenvalue weighted by Gasteiger charge is 2.12. The number of benzene rings is 1. The molecule has 0 radical (unpaired) electrons. The summed E-state index contributed by atoms with van der Waals surface area (Å²) in [5.74, 6) is 0.933. The molecule has 0 unspecified atom stereocenters. The van der Waals surface area contributed by atoms with Crippen molar-refractivity contribution in [3.05, 3.63) is 23.2 Å². The van der Waals surface area contributed by atoms with Gasteiger partial charge in [-0.3, -0.25) is 0 Å². The van der Waals surface area contributed by atoms with Crippen molar-refractivity contribution < 1.29 is 9.47 Å². The number of thiazole rings is 1. The van der Waals surface area contributed by atoms with E-state index in [0.29, 0.717) is 13.4 Å². The molecule has 0 atom stereocenters. The minimum Gasteiger partial charge on any atom is -0.467 e. The first-order chi connectivity index (χ1) is 6.43. The lowest BCUT2D eigenvalue weighted by molar-refractivity contribution is -0.0161. The Hall–Kier alpha value is -1.13. The minimum atomic E-state index is 0.358. The molecule has 3 rings (SSSR count). The van der Waals surface area contributed by atoms with Gasteiger partial charge in [-0.05, 0) is 6.07 Å². The van der Waals surface area contributed by atoms with Crippen LogP contribution < -0.4 is 4.74 Å². The largest absolute Gasteiger partial charge is 0.467 e. The number of rotatable bonds is 0. The van der Waals surface area contributed by atoms with Crippen molar-refractivity contribution >= 4 is 21.6 Å². The lowest BCUT2D eigenvalue weighted by atomic mass is 10.2. The van der Waals surface area contributed by atoms with Gasteiger partial charge in [-0.25, -0.2) is 4.98 Å². The average molecular weight is 193 g/mol. The molecule has 0 saturated carbocycles. The van der Waals surface area contributed by atoms with Crippen LogP contribution in [0, 0.1) is 0 Å². The van der Waals surface area contributed by atoms with Crippen LogP contribution in [-0.2, 0) is 11.3 Å². The summed E-state index contributed by atoms with van der Waals surface area (Å²) in [6.45, 7) is 0.986. The van der Waals surface area contributed by atoms with Gasteiger partial charge >= 0.3 is 0 Å². The van der Waals surface area contributed by atoms with E-state index in [-0.39, 0.29) is 0 Å². The Morgan fingerprint density at radius 3 is 3.38 bits per heavy atom. The Kier molecular flexibility index (Phi) is 1.50. The molecular weight excluding hydrogens is 186 g/mol. The van der Waals surface area contributed by atoms with Crippen LogP contribution in [0.15, 0.2) is 17.6 Å². The Morgan fingerprint density at radius 2 is 2.38 bits per heavy atom. The van der Waals surface area contributed by atoms with Gasteiger partial charge in [0.2, 0.25) is 0 Å². The van der Waals surface area contributed by atoms with E-state index in [2.05, 4.69) is 4.98 Å². The highest BCUT2D eigenvalue weighted by atomic mass is 32.1. The quantitative estimate of drug-likeness (QED) is 0.642. The number of hydrogen-bond acceptors (Lipinski definition) is 4. The van der Waals surface area contributed by atoms with Crippen molar-refractivity contribution in [2.75, 3.05) is 6.79 Å². The predicted octanol–water partition coefficient (Wildman–Crippen LogP) is 2.16. The molecule has 2 aromatic rings. The molecule has 66 valence electrons. The van der Waals surface area contributed by atoms with E-state index in [4.69, 9.17) is 9.47 Å². The molecule has 13 heavy (non-hydrogen) atoms. The van der Waals surface area contributed by atoms with Crippen LogP contribution in [0.2, 0.25) is 0 Å². The number of aromatic nitrogens is 1. The topological polar surface area (TPSA) is 31.4 Å². The molecule has 4 heteroatoms. The fraction of sp³-hybridized carbons (Fsp3) is 0.222. The van der Waals surface area contributed by atoms with E-state index in [1.165, 1.54) is 4.70 Å². The third-order valence-electron chi connectivity index (χ3n) is 2.07. The number of fused-ring (bicyclic) bond motifs is 2. The number of nitrogens with zero attached hydrogens (tertiary/aromatic N) is 1. The van der Waals surface area contributed by atoms with Gasteiger partial charge in [0.1, 0.15) is 5.75 Å². The molecule has 0 aliphatic carbocycles. The molecule has 0 fully saturated rings. The molecule has 2 heterocycles. The summed E-state index contributed by atoms with van der Waals surface area (Å²) in [6, 6.07) is 4.06. The highest BCUT2D eigenvalue weighted by Crippen LogP contribution is 2.30. The van der Waals surface area contributed by atoms with Crippen molar-refractivity contribution in [1.82, 2.24) is 4.98 Å². The predicted molar refractivity (Wildman–Crippen MR) is 49.9 cm³/mol. The van der Waals surface area contributed by atoms with Crippen molar-refractivity contribution in [3.63, 3.8) is 0 Å². The zero-order valence-electron chi connectivity index (χ0n) is 6.82. The SMILES string of the molecule is c1nc2cc3c(cc2s1)OCOC3. The highest BCUT2D eigenvalue weighted by molar-refractivity contribution is 7.16. The molecule has 1 aliphatic heterocycles. The minimum absolute atomic E-state index is 0.358. The van der Waals surface area contributed by atoms with Crippen LogP contribution >= 0.6 is 11.3 Å². The molecule has 0 N–H and O–H groups in total. The lowest BCUT2D eigenvalue weighted by Crippen LogP contribution is -2.10. The van der Waals surface area contributed by atoms with E-state index in [1.807, 2.05) is 17.6 Å². The second-order valence-corrected chi connectivity index (χ2v) is 3.78. The molecule has 3 nitrogen and oxygen atoms in total. The van der Waals surface area contributed by atoms with Crippen LogP contribution in [0.4, 0.5) is 0 Å². The second-order valence-electron chi connectivity index (χ2n) is 2.89. The summed E-state index contributed by atoms with van der Waals surface area (Å²) < 4.78 is 11.7. The first-order valence-electron chi connectivity index (χ1n) is 4.00. The third-order valence-corrected chi connectivity index (χ3v) is 2.86. The zero-order valence-corrected chi connectivity index (χ0v) is 7.63. The van der Waals surface area contributed by atoms with Crippen molar-refractivity contribution in [2.24, 2.45) is 0 Å². The molecule has 0 bridgehead atoms. The maximum absolute atomic E-state index is 5.36. The number of ether oxygens (including phenoxy) is 2. The van der Waals surface area contributed by atoms with Gasteiger partial charge in [-0.15, -0.1) is 11.3 Å². The van der Waals surface area contributed by atoms with E-state index in [9.17, 15) is 0 Å². The molecule has 1 aliphatic rings. The van der Waals surface area contributed by atoms with E-state index in [0.717, 1.165) is 16.8 Å². The summed E-state index contributed by atoms with van der Waals surface area (Å²) in [4.78, 5) is 4.23. The van der Waals surface area contributed by atoms with E-state index < -0.39 is 0 Å². The summed E-state index contributed by atoms with van der Waals surface area (Å²) in [5, 5.41) is 0. The average Bonchev–Trinajstić information content (AvgIpc) is 2.61. The number of hydrogen-bond donors (Lipinski definition) is 0. The van der Waals surface area contributed by atoms with E-state index in [1.54, 1.807) is 11.3 Å². The van der Waals surface area contributed by atoms with Crippen LogP contribution in [0.25, 0.3) is 10.2 Å². The first kappa shape index (κ1) is 7.29. The Labute approximate surface area is 78.9 Å². The van der Waals surface area contributed by atoms with Gasteiger partial charge in [-0.1, -0.05) is 0 Å². The van der Waals surface area contributed by atoms with Crippen molar-refractivity contribution in [3.8, 4) is 5.75 Å². The van der Waals surface area contributed by atoms with Crippen molar-refractivity contribution in [2.45, 2.75) is 6.61 Å². The van der Waals surface area contributed by atoms with Gasteiger partial charge in [0, 0.05) is 11.6 Å². The molecule has 1 aromatic carbocycles. The molecular formula is C9H7NO2S. The Bertz CT molecular complexity index is 412. The Balaban J connectivity index is 2.28. The summed E-state index contributed by atoms with van der Waals surface area (Å²) in [7, 11) is 0.